The molecule has 8 heteroatoms. The van der Waals surface area contributed by atoms with E-state index in [2.05, 4.69) is 20.1 Å². The van der Waals surface area contributed by atoms with Crippen LogP contribution in [0.4, 0.5) is 0 Å². The van der Waals surface area contributed by atoms with Gasteiger partial charge in [0, 0.05) is 43.9 Å². The van der Waals surface area contributed by atoms with E-state index in [1.165, 1.54) is 0 Å². The molecule has 7 nitrogen and oxygen atoms in total. The van der Waals surface area contributed by atoms with Crippen LogP contribution in [0.5, 0.6) is 0 Å². The second-order valence-electron chi connectivity index (χ2n) is 8.60. The van der Waals surface area contributed by atoms with Crippen molar-refractivity contribution in [2.75, 3.05) is 13.1 Å². The number of nitrogens with zero attached hydrogens (tertiary/aromatic N) is 4. The zero-order valence-electron chi connectivity index (χ0n) is 17.9. The summed E-state index contributed by atoms with van der Waals surface area (Å²) in [5, 5.41) is 15.9. The maximum absolute atomic E-state index is 12.8. The Labute approximate surface area is 191 Å². The van der Waals surface area contributed by atoms with Gasteiger partial charge < -0.3 is 14.8 Å². The van der Waals surface area contributed by atoms with Gasteiger partial charge in [0.15, 0.2) is 0 Å². The lowest BCUT2D eigenvalue weighted by atomic mass is 9.93. The standard InChI is InChI=1S/C24H27N5O2S/c30-23(25-14-17-4-2-1-3-5-17)19-6-7-21-26-27-22(29(21)15-19)18-8-11-28(12-9-18)24(31)20-10-13-32-16-20/h1-5,10,13,16,18-19H,6-9,11-12,14-15H2,(H,25,30)/t19-/m0/s1. The van der Waals surface area contributed by atoms with E-state index in [0.717, 1.165) is 61.5 Å². The molecule has 0 radical (unpaired) electrons. The number of likely N-dealkylation sites (tertiary alicyclic amines) is 1. The van der Waals surface area contributed by atoms with Gasteiger partial charge in [-0.3, -0.25) is 9.59 Å². The Morgan fingerprint density at radius 3 is 2.62 bits per heavy atom. The Bertz CT molecular complexity index is 1070. The van der Waals surface area contributed by atoms with E-state index in [4.69, 9.17) is 0 Å². The predicted octanol–water partition coefficient (Wildman–Crippen LogP) is 3.24. The van der Waals surface area contributed by atoms with Gasteiger partial charge in [-0.25, -0.2) is 0 Å². The number of nitrogens with one attached hydrogen (secondary N) is 1. The Hall–Kier alpha value is -3.00. The van der Waals surface area contributed by atoms with Gasteiger partial charge in [0.25, 0.3) is 5.91 Å². The van der Waals surface area contributed by atoms with E-state index < -0.39 is 0 Å². The van der Waals surface area contributed by atoms with Gasteiger partial charge in [-0.05, 0) is 36.3 Å². The number of benzene rings is 1. The molecule has 0 bridgehead atoms. The molecule has 0 saturated carbocycles. The predicted molar refractivity (Wildman–Crippen MR) is 122 cm³/mol. The van der Waals surface area contributed by atoms with Crippen LogP contribution in [0.1, 0.15) is 52.8 Å². The van der Waals surface area contributed by atoms with Crippen molar-refractivity contribution in [3.63, 3.8) is 0 Å². The molecule has 1 saturated heterocycles. The number of carbonyl (C=O) groups is 2. The number of hydrogen-bond acceptors (Lipinski definition) is 5. The van der Waals surface area contributed by atoms with Crippen molar-refractivity contribution in [3.05, 3.63) is 69.9 Å². The van der Waals surface area contributed by atoms with Crippen LogP contribution < -0.4 is 5.32 Å². The lowest BCUT2D eigenvalue weighted by molar-refractivity contribution is -0.126. The van der Waals surface area contributed by atoms with Crippen LogP contribution in [0.2, 0.25) is 0 Å². The number of fused-ring (bicyclic) bond motifs is 1. The highest BCUT2D eigenvalue weighted by atomic mass is 32.1. The third-order valence-corrected chi connectivity index (χ3v) is 7.25. The quantitative estimate of drug-likeness (QED) is 0.649. The molecule has 1 fully saturated rings. The van der Waals surface area contributed by atoms with Crippen molar-refractivity contribution >= 4 is 23.2 Å². The summed E-state index contributed by atoms with van der Waals surface area (Å²) in [6.45, 7) is 2.63. The molecule has 1 N–H and O–H groups in total. The number of carbonyl (C=O) groups excluding carboxylic acids is 2. The summed E-state index contributed by atoms with van der Waals surface area (Å²) in [6.07, 6.45) is 3.32. The van der Waals surface area contributed by atoms with E-state index >= 15 is 0 Å². The van der Waals surface area contributed by atoms with Crippen LogP contribution in [0.25, 0.3) is 0 Å². The van der Waals surface area contributed by atoms with Crippen molar-refractivity contribution < 1.29 is 9.59 Å². The molecule has 2 aromatic heterocycles. The van der Waals surface area contributed by atoms with Gasteiger partial charge in [0.2, 0.25) is 5.91 Å². The second-order valence-corrected chi connectivity index (χ2v) is 9.38. The lowest BCUT2D eigenvalue weighted by Gasteiger charge is -2.32. The number of rotatable bonds is 5. The van der Waals surface area contributed by atoms with Crippen LogP contribution in [-0.2, 0) is 24.3 Å². The molecule has 5 rings (SSSR count). The maximum atomic E-state index is 12.8. The van der Waals surface area contributed by atoms with Crippen molar-refractivity contribution in [3.8, 4) is 0 Å². The molecule has 0 spiro atoms. The zero-order valence-corrected chi connectivity index (χ0v) is 18.8. The average Bonchev–Trinajstić information content (AvgIpc) is 3.53. The van der Waals surface area contributed by atoms with Crippen molar-refractivity contribution in [2.24, 2.45) is 5.92 Å². The fraction of sp³-hybridized carbons (Fsp3) is 0.417. The minimum absolute atomic E-state index is 0.0683. The van der Waals surface area contributed by atoms with Gasteiger partial charge in [0.1, 0.15) is 11.6 Å². The minimum Gasteiger partial charge on any atom is -0.352 e. The van der Waals surface area contributed by atoms with Gasteiger partial charge >= 0.3 is 0 Å². The normalized spacial score (nSPS) is 18.9. The van der Waals surface area contributed by atoms with E-state index in [9.17, 15) is 9.59 Å². The first kappa shape index (κ1) is 20.9. The molecule has 1 atom stereocenters. The molecule has 4 heterocycles. The smallest absolute Gasteiger partial charge is 0.254 e. The molecule has 0 unspecified atom stereocenters. The molecule has 2 aliphatic rings. The number of hydrogen-bond donors (Lipinski definition) is 1. The first-order chi connectivity index (χ1) is 15.7. The van der Waals surface area contributed by atoms with Crippen molar-refractivity contribution in [1.29, 1.82) is 0 Å². The Morgan fingerprint density at radius 1 is 1.06 bits per heavy atom. The molecular weight excluding hydrogens is 422 g/mol. The summed E-state index contributed by atoms with van der Waals surface area (Å²) >= 11 is 1.55. The monoisotopic (exact) mass is 449 g/mol. The van der Waals surface area contributed by atoms with Crippen LogP contribution in [0, 0.1) is 5.92 Å². The van der Waals surface area contributed by atoms with Crippen molar-refractivity contribution in [2.45, 2.75) is 44.7 Å². The van der Waals surface area contributed by atoms with E-state index in [0.29, 0.717) is 13.1 Å². The summed E-state index contributed by atoms with van der Waals surface area (Å²) in [5.74, 6) is 2.36. The summed E-state index contributed by atoms with van der Waals surface area (Å²) < 4.78 is 2.16. The van der Waals surface area contributed by atoms with Crippen LogP contribution in [0.15, 0.2) is 47.2 Å². The third-order valence-electron chi connectivity index (χ3n) is 6.57. The SMILES string of the molecule is O=C(NCc1ccccc1)[C@H]1CCc2nnc(C3CCN(C(=O)c4ccsc4)CC3)n2C1. The van der Waals surface area contributed by atoms with Gasteiger partial charge in [-0.15, -0.1) is 10.2 Å². The molecule has 3 aromatic rings. The highest BCUT2D eigenvalue weighted by Gasteiger charge is 2.32. The van der Waals surface area contributed by atoms with Crippen LogP contribution in [-0.4, -0.2) is 44.6 Å². The van der Waals surface area contributed by atoms with E-state index in [1.807, 2.05) is 52.1 Å². The van der Waals surface area contributed by atoms with Crippen LogP contribution >= 0.6 is 11.3 Å². The third kappa shape index (κ3) is 4.32. The summed E-state index contributed by atoms with van der Waals surface area (Å²) in [5.41, 5.74) is 1.88. The molecule has 2 amide bonds. The van der Waals surface area contributed by atoms with Gasteiger partial charge in [-0.2, -0.15) is 11.3 Å². The summed E-state index contributed by atoms with van der Waals surface area (Å²) in [7, 11) is 0. The molecule has 2 aliphatic heterocycles. The van der Waals surface area contributed by atoms with Crippen LogP contribution in [0.3, 0.4) is 0 Å². The fourth-order valence-corrected chi connectivity index (χ4v) is 5.33. The average molecular weight is 450 g/mol. The number of piperidine rings is 1. The molecule has 1 aromatic carbocycles. The minimum atomic E-state index is -0.0683. The summed E-state index contributed by atoms with van der Waals surface area (Å²) in [4.78, 5) is 27.4. The zero-order chi connectivity index (χ0) is 21.9. The molecular formula is C24H27N5O2S. The van der Waals surface area contributed by atoms with Gasteiger partial charge in [-0.1, -0.05) is 30.3 Å². The van der Waals surface area contributed by atoms with Gasteiger partial charge in [0.05, 0.1) is 11.5 Å². The lowest BCUT2D eigenvalue weighted by Crippen LogP contribution is -2.39. The summed E-state index contributed by atoms with van der Waals surface area (Å²) in [6, 6.07) is 11.9. The first-order valence-electron chi connectivity index (χ1n) is 11.2. The molecule has 166 valence electrons. The molecule has 32 heavy (non-hydrogen) atoms. The Kier molecular flexibility index (Phi) is 6.03. The molecule has 0 aliphatic carbocycles. The topological polar surface area (TPSA) is 80.1 Å². The number of thiophene rings is 1. The van der Waals surface area contributed by atoms with Crippen molar-refractivity contribution in [1.82, 2.24) is 25.0 Å². The Morgan fingerprint density at radius 2 is 1.88 bits per heavy atom. The largest absolute Gasteiger partial charge is 0.352 e. The Balaban J connectivity index is 1.20. The highest BCUT2D eigenvalue weighted by Crippen LogP contribution is 2.31. The van der Waals surface area contributed by atoms with E-state index in [-0.39, 0.29) is 23.7 Å². The number of aryl methyl sites for hydroxylation is 1. The maximum Gasteiger partial charge on any atom is 0.254 e. The number of amides is 2. The second kappa shape index (κ2) is 9.24. The van der Waals surface area contributed by atoms with E-state index in [1.54, 1.807) is 11.3 Å². The highest BCUT2D eigenvalue weighted by molar-refractivity contribution is 7.08. The fourth-order valence-electron chi connectivity index (χ4n) is 4.70. The first-order valence-corrected chi connectivity index (χ1v) is 12.2. The number of aromatic nitrogens is 3.